The van der Waals surface area contributed by atoms with Crippen molar-refractivity contribution in [2.75, 3.05) is 0 Å². The van der Waals surface area contributed by atoms with E-state index in [1.54, 1.807) is 18.3 Å². The Hall–Kier alpha value is -2.17. The number of halogens is 1. The molecule has 0 amide bonds. The minimum atomic E-state index is -0.305. The minimum Gasteiger partial charge on any atom is -0.322 e. The third-order valence-corrected chi connectivity index (χ3v) is 4.41. The van der Waals surface area contributed by atoms with Crippen LogP contribution >= 0.6 is 11.6 Å². The summed E-state index contributed by atoms with van der Waals surface area (Å²) in [6.07, 6.45) is 2.17. The van der Waals surface area contributed by atoms with Gasteiger partial charge < -0.3 is 5.73 Å². The van der Waals surface area contributed by atoms with Crippen LogP contribution in [-0.2, 0) is 6.42 Å². The Labute approximate surface area is 145 Å². The van der Waals surface area contributed by atoms with Gasteiger partial charge in [0.05, 0.1) is 5.69 Å². The fourth-order valence-electron chi connectivity index (χ4n) is 2.72. The predicted octanol–water partition coefficient (Wildman–Crippen LogP) is 3.59. The zero-order valence-electron chi connectivity index (χ0n) is 13.7. The van der Waals surface area contributed by atoms with Crippen LogP contribution < -0.4 is 11.3 Å². The van der Waals surface area contributed by atoms with E-state index in [2.05, 4.69) is 4.98 Å². The lowest BCUT2D eigenvalue weighted by Crippen LogP contribution is -2.28. The van der Waals surface area contributed by atoms with Crippen LogP contribution in [0.2, 0.25) is 5.02 Å². The van der Waals surface area contributed by atoms with E-state index in [1.807, 2.05) is 44.2 Å². The first-order valence-corrected chi connectivity index (χ1v) is 8.35. The van der Waals surface area contributed by atoms with Crippen molar-refractivity contribution in [2.45, 2.75) is 26.3 Å². The van der Waals surface area contributed by atoms with E-state index >= 15 is 0 Å². The molecule has 0 fully saturated rings. The normalized spacial score (nSPS) is 12.7. The monoisotopic (exact) mass is 341 g/mol. The molecule has 3 rings (SSSR count). The summed E-state index contributed by atoms with van der Waals surface area (Å²) in [6.45, 7) is 4.05. The van der Waals surface area contributed by atoms with Crippen LogP contribution in [0.15, 0.2) is 53.5 Å². The van der Waals surface area contributed by atoms with Crippen LogP contribution in [0, 0.1) is 5.92 Å². The maximum absolute atomic E-state index is 13.0. The van der Waals surface area contributed by atoms with E-state index in [0.717, 1.165) is 5.56 Å². The van der Waals surface area contributed by atoms with Gasteiger partial charge in [0, 0.05) is 35.3 Å². The molecule has 3 aromatic rings. The Morgan fingerprint density at radius 1 is 1.21 bits per heavy atom. The average Bonchev–Trinajstić information content (AvgIpc) is 2.57. The summed E-state index contributed by atoms with van der Waals surface area (Å²) >= 11 is 6.05. The van der Waals surface area contributed by atoms with Gasteiger partial charge in [-0.25, -0.2) is 4.98 Å². The number of hydrogen-bond donors (Lipinski definition) is 1. The fourth-order valence-corrected chi connectivity index (χ4v) is 2.88. The molecule has 4 nitrogen and oxygen atoms in total. The molecule has 24 heavy (non-hydrogen) atoms. The van der Waals surface area contributed by atoms with E-state index in [4.69, 9.17) is 17.3 Å². The average molecular weight is 342 g/mol. The van der Waals surface area contributed by atoms with Crippen molar-refractivity contribution >= 4 is 17.2 Å². The molecule has 0 bridgehead atoms. The molecular formula is C19H20ClN3O. The van der Waals surface area contributed by atoms with Gasteiger partial charge in [-0.2, -0.15) is 0 Å². The second-order valence-electron chi connectivity index (χ2n) is 6.29. The summed E-state index contributed by atoms with van der Waals surface area (Å²) < 4.78 is 1.53. The molecule has 124 valence electrons. The summed E-state index contributed by atoms with van der Waals surface area (Å²) in [5, 5.41) is 0.543. The lowest BCUT2D eigenvalue weighted by Gasteiger charge is -2.19. The van der Waals surface area contributed by atoms with Gasteiger partial charge in [0.1, 0.15) is 5.65 Å². The van der Waals surface area contributed by atoms with E-state index < -0.39 is 0 Å². The number of fused-ring (bicyclic) bond motifs is 1. The summed E-state index contributed by atoms with van der Waals surface area (Å²) in [6, 6.07) is 12.9. The smallest absolute Gasteiger partial charge is 0.261 e. The molecule has 2 aromatic heterocycles. The highest BCUT2D eigenvalue weighted by Gasteiger charge is 2.21. The molecular weight excluding hydrogens is 322 g/mol. The predicted molar refractivity (Wildman–Crippen MR) is 97.5 cm³/mol. The second-order valence-corrected chi connectivity index (χ2v) is 6.72. The van der Waals surface area contributed by atoms with Crippen molar-refractivity contribution in [3.8, 4) is 0 Å². The molecule has 1 aromatic carbocycles. The Kier molecular flexibility index (Phi) is 4.69. The van der Waals surface area contributed by atoms with E-state index in [0.29, 0.717) is 28.3 Å². The van der Waals surface area contributed by atoms with E-state index in [1.165, 1.54) is 4.40 Å². The van der Waals surface area contributed by atoms with Gasteiger partial charge in [-0.15, -0.1) is 0 Å². The number of rotatable bonds is 4. The van der Waals surface area contributed by atoms with Crippen LogP contribution in [0.4, 0.5) is 0 Å². The number of aromatic nitrogens is 2. The zero-order chi connectivity index (χ0) is 17.3. The summed E-state index contributed by atoms with van der Waals surface area (Å²) in [5.41, 5.74) is 9.13. The molecule has 0 aliphatic heterocycles. The van der Waals surface area contributed by atoms with Crippen molar-refractivity contribution in [1.82, 2.24) is 9.38 Å². The standard InChI is InChI=1S/C19H20ClN3O/c1-12(2)17(21)18-15(10-13-6-4-3-5-7-13)19(24)23-9-8-14(20)11-16(23)22-18/h3-9,11-12,17H,10,21H2,1-2H3/t17-/m1/s1. The van der Waals surface area contributed by atoms with Crippen molar-refractivity contribution in [1.29, 1.82) is 0 Å². The minimum absolute atomic E-state index is 0.0911. The quantitative estimate of drug-likeness (QED) is 0.788. The van der Waals surface area contributed by atoms with Crippen molar-refractivity contribution in [2.24, 2.45) is 11.7 Å². The molecule has 5 heteroatoms. The van der Waals surface area contributed by atoms with Gasteiger partial charge in [0.2, 0.25) is 0 Å². The Balaban J connectivity index is 2.24. The molecule has 1 atom stereocenters. The topological polar surface area (TPSA) is 60.4 Å². The van der Waals surface area contributed by atoms with E-state index in [-0.39, 0.29) is 17.5 Å². The number of benzene rings is 1. The Morgan fingerprint density at radius 2 is 1.92 bits per heavy atom. The number of nitrogens with two attached hydrogens (primary N) is 1. The van der Waals surface area contributed by atoms with Crippen molar-refractivity contribution < 1.29 is 0 Å². The SMILES string of the molecule is CC(C)[C@@H](N)c1nc2cc(Cl)ccn2c(=O)c1Cc1ccccc1. The van der Waals surface area contributed by atoms with Crippen molar-refractivity contribution in [3.63, 3.8) is 0 Å². The van der Waals surface area contributed by atoms with Gasteiger partial charge in [-0.05, 0) is 17.5 Å². The maximum atomic E-state index is 13.0. The number of pyridine rings is 1. The molecule has 0 saturated heterocycles. The maximum Gasteiger partial charge on any atom is 0.261 e. The second kappa shape index (κ2) is 6.75. The summed E-state index contributed by atoms with van der Waals surface area (Å²) in [7, 11) is 0. The van der Waals surface area contributed by atoms with Gasteiger partial charge in [0.25, 0.3) is 5.56 Å². The fraction of sp³-hybridized carbons (Fsp3) is 0.263. The molecule has 0 radical (unpaired) electrons. The molecule has 2 heterocycles. The lowest BCUT2D eigenvalue weighted by molar-refractivity contribution is 0.498. The lowest BCUT2D eigenvalue weighted by atomic mass is 9.95. The Morgan fingerprint density at radius 3 is 2.58 bits per heavy atom. The van der Waals surface area contributed by atoms with Gasteiger partial charge in [-0.3, -0.25) is 9.20 Å². The van der Waals surface area contributed by atoms with Crippen LogP contribution in [0.25, 0.3) is 5.65 Å². The first-order chi connectivity index (χ1) is 11.5. The molecule has 0 saturated carbocycles. The van der Waals surface area contributed by atoms with Crippen molar-refractivity contribution in [3.05, 3.63) is 80.9 Å². The highest BCUT2D eigenvalue weighted by atomic mass is 35.5. The Bertz CT molecular complexity index is 919. The van der Waals surface area contributed by atoms with Gasteiger partial charge in [0.15, 0.2) is 0 Å². The third-order valence-electron chi connectivity index (χ3n) is 4.18. The highest BCUT2D eigenvalue weighted by molar-refractivity contribution is 6.30. The first kappa shape index (κ1) is 16.7. The van der Waals surface area contributed by atoms with Crippen LogP contribution in [0.1, 0.15) is 36.7 Å². The molecule has 0 unspecified atom stereocenters. The largest absolute Gasteiger partial charge is 0.322 e. The van der Waals surface area contributed by atoms with Crippen LogP contribution in [0.3, 0.4) is 0 Å². The first-order valence-electron chi connectivity index (χ1n) is 7.97. The van der Waals surface area contributed by atoms with Gasteiger partial charge >= 0.3 is 0 Å². The molecule has 0 aliphatic carbocycles. The zero-order valence-corrected chi connectivity index (χ0v) is 14.5. The number of hydrogen-bond acceptors (Lipinski definition) is 3. The molecule has 0 spiro atoms. The molecule has 0 aliphatic rings. The highest BCUT2D eigenvalue weighted by Crippen LogP contribution is 2.22. The van der Waals surface area contributed by atoms with Gasteiger partial charge in [-0.1, -0.05) is 55.8 Å². The van der Waals surface area contributed by atoms with Crippen LogP contribution in [0.5, 0.6) is 0 Å². The molecule has 2 N–H and O–H groups in total. The number of nitrogens with zero attached hydrogens (tertiary/aromatic N) is 2. The van der Waals surface area contributed by atoms with E-state index in [9.17, 15) is 4.79 Å². The summed E-state index contributed by atoms with van der Waals surface area (Å²) in [5.74, 6) is 0.174. The van der Waals surface area contributed by atoms with Crippen LogP contribution in [-0.4, -0.2) is 9.38 Å². The third kappa shape index (κ3) is 3.21. The summed E-state index contributed by atoms with van der Waals surface area (Å²) in [4.78, 5) is 17.7.